The summed E-state index contributed by atoms with van der Waals surface area (Å²) in [5.41, 5.74) is 6.84. The molecule has 0 aromatic carbocycles. The molecular weight excluding hydrogens is 220 g/mol. The zero-order chi connectivity index (χ0) is 13.8. The maximum Gasteiger partial charge on any atom is 0.0250 e. The van der Waals surface area contributed by atoms with E-state index in [0.29, 0.717) is 17.5 Å². The van der Waals surface area contributed by atoms with E-state index in [0.717, 1.165) is 5.92 Å². The third-order valence-corrected chi connectivity index (χ3v) is 4.58. The lowest BCUT2D eigenvalue weighted by Crippen LogP contribution is -2.53. The third-order valence-electron chi connectivity index (χ3n) is 4.58. The first-order valence-corrected chi connectivity index (χ1v) is 7.89. The van der Waals surface area contributed by atoms with E-state index in [1.807, 2.05) is 0 Å². The lowest BCUT2D eigenvalue weighted by molar-refractivity contribution is 0.0691. The third kappa shape index (κ3) is 4.24. The van der Waals surface area contributed by atoms with E-state index in [9.17, 15) is 0 Å². The minimum atomic E-state index is 0.390. The average Bonchev–Trinajstić information content (AvgIpc) is 2.28. The molecule has 0 amide bonds. The Morgan fingerprint density at radius 3 is 2.06 bits per heavy atom. The molecule has 0 aromatic rings. The van der Waals surface area contributed by atoms with Gasteiger partial charge in [-0.05, 0) is 56.5 Å². The molecule has 3 unspecified atom stereocenters. The van der Waals surface area contributed by atoms with Crippen molar-refractivity contribution in [2.75, 3.05) is 13.1 Å². The van der Waals surface area contributed by atoms with Crippen LogP contribution in [0.25, 0.3) is 0 Å². The van der Waals surface area contributed by atoms with Crippen LogP contribution in [0.3, 0.4) is 0 Å². The molecule has 0 bridgehead atoms. The van der Waals surface area contributed by atoms with Gasteiger partial charge in [0.15, 0.2) is 0 Å². The number of hydrogen-bond donors (Lipinski definition) is 1. The molecule has 108 valence electrons. The fourth-order valence-electron chi connectivity index (χ4n) is 3.39. The topological polar surface area (TPSA) is 29.3 Å². The quantitative estimate of drug-likeness (QED) is 0.811. The molecule has 1 aliphatic rings. The highest BCUT2D eigenvalue weighted by molar-refractivity contribution is 4.92. The van der Waals surface area contributed by atoms with Crippen LogP contribution in [0.15, 0.2) is 0 Å². The Kier molecular flexibility index (Phi) is 6.13. The summed E-state index contributed by atoms with van der Waals surface area (Å²) in [7, 11) is 0. The maximum absolute atomic E-state index is 6.40. The van der Waals surface area contributed by atoms with Crippen LogP contribution in [0, 0.1) is 11.3 Å². The van der Waals surface area contributed by atoms with Gasteiger partial charge in [-0.25, -0.2) is 0 Å². The van der Waals surface area contributed by atoms with Gasteiger partial charge in [-0.3, -0.25) is 4.90 Å². The van der Waals surface area contributed by atoms with Gasteiger partial charge >= 0.3 is 0 Å². The summed E-state index contributed by atoms with van der Waals surface area (Å²) in [6.45, 7) is 14.1. The number of nitrogens with two attached hydrogens (primary N) is 1. The zero-order valence-electron chi connectivity index (χ0n) is 13.2. The van der Waals surface area contributed by atoms with E-state index in [-0.39, 0.29) is 0 Å². The van der Waals surface area contributed by atoms with E-state index in [2.05, 4.69) is 39.5 Å². The SMILES string of the molecule is CCCN(CCC)C1CC(C(C)(C)C)CCC1N. The second-order valence-corrected chi connectivity index (χ2v) is 7.14. The van der Waals surface area contributed by atoms with Crippen molar-refractivity contribution in [2.45, 2.75) is 78.8 Å². The van der Waals surface area contributed by atoms with Crippen molar-refractivity contribution in [1.29, 1.82) is 0 Å². The standard InChI is InChI=1S/C16H34N2/c1-6-10-18(11-7-2)15-12-13(16(3,4)5)8-9-14(15)17/h13-15H,6-12,17H2,1-5H3. The molecule has 18 heavy (non-hydrogen) atoms. The Labute approximate surface area is 114 Å². The lowest BCUT2D eigenvalue weighted by Gasteiger charge is -2.45. The van der Waals surface area contributed by atoms with Crippen molar-refractivity contribution in [2.24, 2.45) is 17.1 Å². The molecule has 1 fully saturated rings. The van der Waals surface area contributed by atoms with Crippen molar-refractivity contribution in [1.82, 2.24) is 4.90 Å². The number of nitrogens with zero attached hydrogens (tertiary/aromatic N) is 1. The predicted octanol–water partition coefficient (Wildman–Crippen LogP) is 3.65. The fourth-order valence-corrected chi connectivity index (χ4v) is 3.39. The predicted molar refractivity (Wildman–Crippen MR) is 80.7 cm³/mol. The first kappa shape index (κ1) is 16.0. The van der Waals surface area contributed by atoms with Crippen molar-refractivity contribution < 1.29 is 0 Å². The van der Waals surface area contributed by atoms with Gasteiger partial charge in [-0.2, -0.15) is 0 Å². The van der Waals surface area contributed by atoms with Crippen LogP contribution < -0.4 is 5.73 Å². The Hall–Kier alpha value is -0.0800. The second-order valence-electron chi connectivity index (χ2n) is 7.14. The summed E-state index contributed by atoms with van der Waals surface area (Å²) in [5.74, 6) is 0.832. The Balaban J connectivity index is 2.70. The van der Waals surface area contributed by atoms with Crippen molar-refractivity contribution in [3.8, 4) is 0 Å². The molecule has 0 radical (unpaired) electrons. The number of hydrogen-bond acceptors (Lipinski definition) is 2. The fraction of sp³-hybridized carbons (Fsp3) is 1.00. The van der Waals surface area contributed by atoms with E-state index in [1.165, 1.54) is 45.2 Å². The molecule has 2 nitrogen and oxygen atoms in total. The van der Waals surface area contributed by atoms with Gasteiger partial charge in [0.2, 0.25) is 0 Å². The summed E-state index contributed by atoms with van der Waals surface area (Å²) >= 11 is 0. The Bertz CT molecular complexity index is 226. The summed E-state index contributed by atoms with van der Waals surface area (Å²) in [4.78, 5) is 2.66. The molecule has 1 saturated carbocycles. The van der Waals surface area contributed by atoms with Crippen LogP contribution in [0.5, 0.6) is 0 Å². The molecule has 0 heterocycles. The minimum Gasteiger partial charge on any atom is -0.326 e. The van der Waals surface area contributed by atoms with Crippen LogP contribution in [-0.2, 0) is 0 Å². The van der Waals surface area contributed by atoms with Gasteiger partial charge in [0.1, 0.15) is 0 Å². The van der Waals surface area contributed by atoms with Crippen molar-refractivity contribution >= 4 is 0 Å². The van der Waals surface area contributed by atoms with Crippen LogP contribution in [-0.4, -0.2) is 30.1 Å². The highest BCUT2D eigenvalue weighted by Crippen LogP contribution is 2.39. The van der Waals surface area contributed by atoms with E-state index < -0.39 is 0 Å². The summed E-state index contributed by atoms with van der Waals surface area (Å²) in [6.07, 6.45) is 6.29. The molecule has 1 aliphatic carbocycles. The highest BCUT2D eigenvalue weighted by atomic mass is 15.2. The molecule has 1 rings (SSSR count). The summed E-state index contributed by atoms with van der Waals surface area (Å²) in [5, 5.41) is 0. The van der Waals surface area contributed by atoms with E-state index >= 15 is 0 Å². The van der Waals surface area contributed by atoms with E-state index in [4.69, 9.17) is 5.73 Å². The van der Waals surface area contributed by atoms with Crippen LogP contribution >= 0.6 is 0 Å². The first-order chi connectivity index (χ1) is 8.40. The molecule has 3 atom stereocenters. The average molecular weight is 254 g/mol. The van der Waals surface area contributed by atoms with Gasteiger partial charge < -0.3 is 5.73 Å². The van der Waals surface area contributed by atoms with E-state index in [1.54, 1.807) is 0 Å². The summed E-state index contributed by atoms with van der Waals surface area (Å²) < 4.78 is 0. The maximum atomic E-state index is 6.40. The molecule has 0 aliphatic heterocycles. The Morgan fingerprint density at radius 2 is 1.61 bits per heavy atom. The molecule has 0 spiro atoms. The van der Waals surface area contributed by atoms with Gasteiger partial charge in [0.05, 0.1) is 0 Å². The van der Waals surface area contributed by atoms with Crippen molar-refractivity contribution in [3.05, 3.63) is 0 Å². The Morgan fingerprint density at radius 1 is 1.06 bits per heavy atom. The van der Waals surface area contributed by atoms with Crippen LogP contribution in [0.4, 0.5) is 0 Å². The number of rotatable bonds is 5. The molecular formula is C16H34N2. The largest absolute Gasteiger partial charge is 0.326 e. The monoisotopic (exact) mass is 254 g/mol. The molecule has 0 saturated heterocycles. The van der Waals surface area contributed by atoms with Gasteiger partial charge in [0.25, 0.3) is 0 Å². The molecule has 2 heteroatoms. The molecule has 2 N–H and O–H groups in total. The van der Waals surface area contributed by atoms with Gasteiger partial charge in [-0.1, -0.05) is 34.6 Å². The van der Waals surface area contributed by atoms with Crippen LogP contribution in [0.1, 0.15) is 66.7 Å². The molecule has 0 aromatic heterocycles. The zero-order valence-corrected chi connectivity index (χ0v) is 13.2. The van der Waals surface area contributed by atoms with Gasteiger partial charge in [-0.15, -0.1) is 0 Å². The smallest absolute Gasteiger partial charge is 0.0250 e. The van der Waals surface area contributed by atoms with Crippen molar-refractivity contribution in [3.63, 3.8) is 0 Å². The minimum absolute atomic E-state index is 0.390. The lowest BCUT2D eigenvalue weighted by atomic mass is 9.69. The highest BCUT2D eigenvalue weighted by Gasteiger charge is 2.36. The summed E-state index contributed by atoms with van der Waals surface area (Å²) in [6, 6.07) is 1.00. The first-order valence-electron chi connectivity index (χ1n) is 7.89. The normalized spacial score (nSPS) is 29.8. The van der Waals surface area contributed by atoms with Crippen LogP contribution in [0.2, 0.25) is 0 Å². The second kappa shape index (κ2) is 6.91. The van der Waals surface area contributed by atoms with Gasteiger partial charge in [0, 0.05) is 12.1 Å².